The molecule has 13 heavy (non-hydrogen) atoms. The number of aliphatic hydroxyl groups is 1. The van der Waals surface area contributed by atoms with Crippen molar-refractivity contribution >= 4 is 11.3 Å². The molecule has 3 heteroatoms. The smallest absolute Gasteiger partial charge is 0.0897 e. The molecule has 1 atom stereocenters. The van der Waals surface area contributed by atoms with Gasteiger partial charge in [-0.3, -0.25) is 0 Å². The first-order valence-corrected chi connectivity index (χ1v) is 5.36. The monoisotopic (exact) mass is 199 g/mol. The summed E-state index contributed by atoms with van der Waals surface area (Å²) in [5, 5.41) is 12.9. The minimum atomic E-state index is -0.311. The molecule has 1 aromatic rings. The lowest BCUT2D eigenvalue weighted by Gasteiger charge is -2.24. The molecule has 1 unspecified atom stereocenters. The Morgan fingerprint density at radius 2 is 2.15 bits per heavy atom. The van der Waals surface area contributed by atoms with E-state index in [-0.39, 0.29) is 11.5 Å². The highest BCUT2D eigenvalue weighted by atomic mass is 32.1. The molecule has 1 N–H and O–H groups in total. The molecular weight excluding hydrogens is 182 g/mol. The summed E-state index contributed by atoms with van der Waals surface area (Å²) in [7, 11) is 0. The summed E-state index contributed by atoms with van der Waals surface area (Å²) in [4.78, 5) is 4.32. The second-order valence-electron chi connectivity index (χ2n) is 4.44. The van der Waals surface area contributed by atoms with Crippen LogP contribution in [0.1, 0.15) is 31.5 Å². The zero-order chi connectivity index (χ0) is 10.1. The van der Waals surface area contributed by atoms with Gasteiger partial charge in [0.15, 0.2) is 0 Å². The van der Waals surface area contributed by atoms with E-state index in [1.165, 1.54) is 0 Å². The molecule has 0 aliphatic carbocycles. The number of thiazole rings is 1. The maximum atomic E-state index is 9.81. The number of aliphatic hydroxyl groups excluding tert-OH is 1. The van der Waals surface area contributed by atoms with Crippen LogP contribution in [-0.2, 0) is 6.42 Å². The van der Waals surface area contributed by atoms with E-state index in [9.17, 15) is 5.11 Å². The summed E-state index contributed by atoms with van der Waals surface area (Å²) >= 11 is 1.63. The lowest BCUT2D eigenvalue weighted by molar-refractivity contribution is 0.0629. The fraction of sp³-hybridized carbons (Fsp3) is 0.700. The van der Waals surface area contributed by atoms with Gasteiger partial charge in [0.25, 0.3) is 0 Å². The van der Waals surface area contributed by atoms with E-state index in [4.69, 9.17) is 0 Å². The topological polar surface area (TPSA) is 33.1 Å². The highest BCUT2D eigenvalue weighted by molar-refractivity contribution is 7.09. The molecular formula is C10H17NOS. The average molecular weight is 199 g/mol. The molecule has 0 spiro atoms. The van der Waals surface area contributed by atoms with Crippen molar-refractivity contribution in [2.45, 2.75) is 40.2 Å². The highest BCUT2D eigenvalue weighted by Crippen LogP contribution is 2.22. The van der Waals surface area contributed by atoms with Crippen LogP contribution in [0.3, 0.4) is 0 Å². The van der Waals surface area contributed by atoms with Crippen LogP contribution < -0.4 is 0 Å². The Balaban J connectivity index is 2.60. The molecule has 0 radical (unpaired) electrons. The standard InChI is InChI=1S/C10H17NOS/c1-7-11-8(6-13-7)5-9(12)10(2,3)4/h6,9,12H,5H2,1-4H3. The van der Waals surface area contributed by atoms with Gasteiger partial charge in [0.1, 0.15) is 0 Å². The molecule has 1 heterocycles. The molecule has 0 aliphatic rings. The van der Waals surface area contributed by atoms with Crippen molar-refractivity contribution in [2.24, 2.45) is 5.41 Å². The van der Waals surface area contributed by atoms with Gasteiger partial charge in [0.2, 0.25) is 0 Å². The lowest BCUT2D eigenvalue weighted by atomic mass is 9.87. The lowest BCUT2D eigenvalue weighted by Crippen LogP contribution is -2.28. The van der Waals surface area contributed by atoms with Crippen molar-refractivity contribution in [1.82, 2.24) is 4.98 Å². The SMILES string of the molecule is Cc1nc(CC(O)C(C)(C)C)cs1. The summed E-state index contributed by atoms with van der Waals surface area (Å²) in [5.41, 5.74) is 0.947. The van der Waals surface area contributed by atoms with E-state index >= 15 is 0 Å². The second kappa shape index (κ2) is 3.76. The largest absolute Gasteiger partial charge is 0.392 e. The number of hydrogen-bond donors (Lipinski definition) is 1. The fourth-order valence-corrected chi connectivity index (χ4v) is 1.63. The Kier molecular flexibility index (Phi) is 3.09. The third-order valence-corrected chi connectivity index (χ3v) is 2.89. The van der Waals surface area contributed by atoms with Gasteiger partial charge in [0, 0.05) is 11.8 Å². The molecule has 0 aliphatic heterocycles. The quantitative estimate of drug-likeness (QED) is 0.793. The minimum Gasteiger partial charge on any atom is -0.392 e. The number of aromatic nitrogens is 1. The number of hydrogen-bond acceptors (Lipinski definition) is 3. The van der Waals surface area contributed by atoms with Crippen molar-refractivity contribution in [3.05, 3.63) is 16.1 Å². The number of aryl methyl sites for hydroxylation is 1. The number of nitrogens with zero attached hydrogens (tertiary/aromatic N) is 1. The van der Waals surface area contributed by atoms with Gasteiger partial charge in [0.05, 0.1) is 16.8 Å². The first-order valence-electron chi connectivity index (χ1n) is 4.48. The molecule has 0 saturated carbocycles. The van der Waals surface area contributed by atoms with Gasteiger partial charge < -0.3 is 5.11 Å². The zero-order valence-electron chi connectivity index (χ0n) is 8.66. The summed E-state index contributed by atoms with van der Waals surface area (Å²) in [6.45, 7) is 8.10. The summed E-state index contributed by atoms with van der Waals surface area (Å²) in [6, 6.07) is 0. The van der Waals surface area contributed by atoms with Crippen LogP contribution in [0, 0.1) is 12.3 Å². The summed E-state index contributed by atoms with van der Waals surface area (Å²) in [5.74, 6) is 0. The van der Waals surface area contributed by atoms with E-state index in [1.54, 1.807) is 11.3 Å². The van der Waals surface area contributed by atoms with Gasteiger partial charge in [-0.2, -0.15) is 0 Å². The van der Waals surface area contributed by atoms with E-state index in [2.05, 4.69) is 4.98 Å². The van der Waals surface area contributed by atoms with Gasteiger partial charge in [-0.05, 0) is 12.3 Å². The summed E-state index contributed by atoms with van der Waals surface area (Å²) in [6.07, 6.45) is 0.349. The highest BCUT2D eigenvalue weighted by Gasteiger charge is 2.22. The van der Waals surface area contributed by atoms with Crippen LogP contribution in [0.5, 0.6) is 0 Å². The minimum absolute atomic E-state index is 0.0580. The van der Waals surface area contributed by atoms with Crippen molar-refractivity contribution < 1.29 is 5.11 Å². The Hall–Kier alpha value is -0.410. The predicted molar refractivity (Wildman–Crippen MR) is 56.0 cm³/mol. The van der Waals surface area contributed by atoms with Crippen LogP contribution in [0.2, 0.25) is 0 Å². The molecule has 74 valence electrons. The van der Waals surface area contributed by atoms with Crippen molar-refractivity contribution in [1.29, 1.82) is 0 Å². The Bertz CT molecular complexity index is 275. The molecule has 0 bridgehead atoms. The first kappa shape index (κ1) is 10.7. The molecule has 1 aromatic heterocycles. The molecule has 0 fully saturated rings. The van der Waals surface area contributed by atoms with Crippen LogP contribution in [0.25, 0.3) is 0 Å². The Labute approximate surface area is 83.6 Å². The third kappa shape index (κ3) is 3.08. The fourth-order valence-electron chi connectivity index (χ4n) is 1.01. The van der Waals surface area contributed by atoms with Crippen LogP contribution in [0.15, 0.2) is 5.38 Å². The molecule has 0 amide bonds. The van der Waals surface area contributed by atoms with Crippen molar-refractivity contribution in [3.63, 3.8) is 0 Å². The van der Waals surface area contributed by atoms with E-state index < -0.39 is 0 Å². The van der Waals surface area contributed by atoms with E-state index in [0.29, 0.717) is 6.42 Å². The second-order valence-corrected chi connectivity index (χ2v) is 5.51. The Morgan fingerprint density at radius 1 is 1.54 bits per heavy atom. The van der Waals surface area contributed by atoms with Gasteiger partial charge in [-0.1, -0.05) is 20.8 Å². The van der Waals surface area contributed by atoms with Crippen molar-refractivity contribution in [2.75, 3.05) is 0 Å². The zero-order valence-corrected chi connectivity index (χ0v) is 9.48. The predicted octanol–water partition coefficient (Wildman–Crippen LogP) is 2.40. The van der Waals surface area contributed by atoms with Gasteiger partial charge >= 0.3 is 0 Å². The molecule has 0 aromatic carbocycles. The van der Waals surface area contributed by atoms with Crippen LogP contribution in [-0.4, -0.2) is 16.2 Å². The maximum Gasteiger partial charge on any atom is 0.0897 e. The third-order valence-electron chi connectivity index (χ3n) is 2.07. The van der Waals surface area contributed by atoms with Crippen LogP contribution in [0.4, 0.5) is 0 Å². The van der Waals surface area contributed by atoms with Crippen molar-refractivity contribution in [3.8, 4) is 0 Å². The maximum absolute atomic E-state index is 9.81. The van der Waals surface area contributed by atoms with Crippen LogP contribution >= 0.6 is 11.3 Å². The van der Waals surface area contributed by atoms with Gasteiger partial charge in [-0.15, -0.1) is 11.3 Å². The Morgan fingerprint density at radius 3 is 2.54 bits per heavy atom. The molecule has 1 rings (SSSR count). The summed E-state index contributed by atoms with van der Waals surface area (Å²) < 4.78 is 0. The number of rotatable bonds is 2. The molecule has 2 nitrogen and oxygen atoms in total. The van der Waals surface area contributed by atoms with E-state index in [1.807, 2.05) is 33.1 Å². The average Bonchev–Trinajstić information content (AvgIpc) is 2.33. The van der Waals surface area contributed by atoms with E-state index in [0.717, 1.165) is 10.7 Å². The normalized spacial score (nSPS) is 14.5. The van der Waals surface area contributed by atoms with Gasteiger partial charge in [-0.25, -0.2) is 4.98 Å². The molecule has 0 saturated heterocycles. The first-order chi connectivity index (χ1) is 5.89.